The van der Waals surface area contributed by atoms with Crippen molar-refractivity contribution in [3.63, 3.8) is 0 Å². The molecule has 0 spiro atoms. The van der Waals surface area contributed by atoms with E-state index in [0.717, 1.165) is 31.5 Å². The van der Waals surface area contributed by atoms with Crippen LogP contribution in [0.4, 0.5) is 0 Å². The summed E-state index contributed by atoms with van der Waals surface area (Å²) in [5.74, 6) is -0.250. The van der Waals surface area contributed by atoms with Gasteiger partial charge >= 0.3 is 0 Å². The Kier molecular flexibility index (Phi) is 4.83. The summed E-state index contributed by atoms with van der Waals surface area (Å²) in [6, 6.07) is 3.41. The monoisotopic (exact) mass is 290 g/mol. The quantitative estimate of drug-likeness (QED) is 0.887. The molecule has 0 atom stereocenters. The third kappa shape index (κ3) is 3.54. The number of aromatic hydroxyl groups is 1. The van der Waals surface area contributed by atoms with Crippen LogP contribution in [0.3, 0.4) is 0 Å². The largest absolute Gasteiger partial charge is 0.507 e. The number of hydrogen-bond acceptors (Lipinski definition) is 3. The lowest BCUT2D eigenvalue weighted by Gasteiger charge is -2.15. The van der Waals surface area contributed by atoms with Crippen molar-refractivity contribution in [1.82, 2.24) is 10.2 Å². The van der Waals surface area contributed by atoms with Crippen molar-refractivity contribution < 1.29 is 14.7 Å². The van der Waals surface area contributed by atoms with Gasteiger partial charge in [-0.15, -0.1) is 0 Å². The second-order valence-electron chi connectivity index (χ2n) is 5.50. The molecule has 5 heteroatoms. The molecular formula is C16H22N2O3. The van der Waals surface area contributed by atoms with Crippen LogP contribution in [0.25, 0.3) is 0 Å². The van der Waals surface area contributed by atoms with Gasteiger partial charge in [0.25, 0.3) is 5.91 Å². The molecular weight excluding hydrogens is 268 g/mol. The molecule has 0 aliphatic carbocycles. The number of nitrogens with zero attached hydrogens (tertiary/aromatic N) is 1. The van der Waals surface area contributed by atoms with Crippen LogP contribution in [0.15, 0.2) is 12.1 Å². The molecule has 5 nitrogen and oxygen atoms in total. The Morgan fingerprint density at radius 1 is 1.24 bits per heavy atom. The number of phenols is 1. The summed E-state index contributed by atoms with van der Waals surface area (Å²) >= 11 is 0. The van der Waals surface area contributed by atoms with E-state index in [0.29, 0.717) is 18.5 Å². The first-order valence-electron chi connectivity index (χ1n) is 7.36. The van der Waals surface area contributed by atoms with Crippen molar-refractivity contribution in [3.8, 4) is 5.75 Å². The zero-order valence-corrected chi connectivity index (χ0v) is 12.6. The Labute approximate surface area is 125 Å². The van der Waals surface area contributed by atoms with Gasteiger partial charge in [0.1, 0.15) is 5.75 Å². The van der Waals surface area contributed by atoms with E-state index in [-0.39, 0.29) is 23.1 Å². The van der Waals surface area contributed by atoms with Crippen LogP contribution in [0, 0.1) is 13.8 Å². The van der Waals surface area contributed by atoms with Crippen LogP contribution in [0.2, 0.25) is 0 Å². The summed E-state index contributed by atoms with van der Waals surface area (Å²) in [6.07, 6.45) is 2.43. The molecule has 1 heterocycles. The Morgan fingerprint density at radius 2 is 1.90 bits per heavy atom. The van der Waals surface area contributed by atoms with Crippen LogP contribution in [0.5, 0.6) is 5.75 Å². The minimum Gasteiger partial charge on any atom is -0.507 e. The third-order valence-corrected chi connectivity index (χ3v) is 4.03. The molecule has 114 valence electrons. The van der Waals surface area contributed by atoms with Gasteiger partial charge in [0.05, 0.1) is 5.56 Å². The number of amides is 2. The Morgan fingerprint density at radius 3 is 2.57 bits per heavy atom. The van der Waals surface area contributed by atoms with Gasteiger partial charge in [0.15, 0.2) is 0 Å². The zero-order valence-electron chi connectivity index (χ0n) is 12.6. The Balaban J connectivity index is 1.87. The lowest BCUT2D eigenvalue weighted by molar-refractivity contribution is -0.129. The van der Waals surface area contributed by atoms with E-state index < -0.39 is 0 Å². The van der Waals surface area contributed by atoms with Gasteiger partial charge in [-0.05, 0) is 43.9 Å². The molecule has 1 aliphatic heterocycles. The van der Waals surface area contributed by atoms with Crippen LogP contribution < -0.4 is 5.32 Å². The average molecular weight is 290 g/mol. The number of phenolic OH excluding ortho intramolecular Hbond substituents is 1. The molecule has 2 N–H and O–H groups in total. The lowest BCUT2D eigenvalue weighted by atomic mass is 10.0. The maximum atomic E-state index is 12.0. The normalized spacial score (nSPS) is 14.3. The molecule has 1 fully saturated rings. The number of aryl methyl sites for hydroxylation is 1. The third-order valence-electron chi connectivity index (χ3n) is 4.03. The maximum Gasteiger partial charge on any atom is 0.255 e. The molecule has 2 rings (SSSR count). The lowest BCUT2D eigenvalue weighted by Crippen LogP contribution is -2.32. The number of carbonyl (C=O) groups is 2. The van der Waals surface area contributed by atoms with Gasteiger partial charge in [-0.1, -0.05) is 6.07 Å². The fourth-order valence-corrected chi connectivity index (χ4v) is 2.49. The fourth-order valence-electron chi connectivity index (χ4n) is 2.49. The van der Waals surface area contributed by atoms with Crippen LogP contribution >= 0.6 is 0 Å². The van der Waals surface area contributed by atoms with Crippen LogP contribution in [0.1, 0.15) is 40.7 Å². The molecule has 1 saturated heterocycles. The Hall–Kier alpha value is -2.04. The van der Waals surface area contributed by atoms with Crippen molar-refractivity contribution >= 4 is 11.8 Å². The van der Waals surface area contributed by atoms with Gasteiger partial charge in [0, 0.05) is 26.1 Å². The van der Waals surface area contributed by atoms with Gasteiger partial charge in [-0.3, -0.25) is 9.59 Å². The predicted octanol–water partition coefficient (Wildman–Crippen LogP) is 1.75. The van der Waals surface area contributed by atoms with Crippen molar-refractivity contribution in [2.45, 2.75) is 33.1 Å². The molecule has 21 heavy (non-hydrogen) atoms. The first-order valence-corrected chi connectivity index (χ1v) is 7.36. The number of rotatable bonds is 4. The molecule has 2 amide bonds. The summed E-state index contributed by atoms with van der Waals surface area (Å²) in [5.41, 5.74) is 1.90. The fraction of sp³-hybridized carbons (Fsp3) is 0.500. The number of hydrogen-bond donors (Lipinski definition) is 2. The standard InChI is InChI=1S/C16H22N2O3/c1-11-5-6-13(15(20)12(11)2)16(21)17-8-7-14(19)18-9-3-4-10-18/h5-6,20H,3-4,7-10H2,1-2H3,(H,17,21). The second kappa shape index (κ2) is 6.61. The number of benzene rings is 1. The van der Waals surface area contributed by atoms with Gasteiger partial charge in [0.2, 0.25) is 5.91 Å². The smallest absolute Gasteiger partial charge is 0.255 e. The van der Waals surface area contributed by atoms with Gasteiger partial charge < -0.3 is 15.3 Å². The number of carbonyl (C=O) groups excluding carboxylic acids is 2. The summed E-state index contributed by atoms with van der Waals surface area (Å²) in [6.45, 7) is 5.60. The van der Waals surface area contributed by atoms with Crippen molar-refractivity contribution in [2.75, 3.05) is 19.6 Å². The number of nitrogens with one attached hydrogen (secondary N) is 1. The predicted molar refractivity (Wildman–Crippen MR) is 80.3 cm³/mol. The minimum absolute atomic E-state index is 0.0124. The summed E-state index contributed by atoms with van der Waals surface area (Å²) in [5, 5.41) is 12.7. The van der Waals surface area contributed by atoms with E-state index in [9.17, 15) is 14.7 Å². The SMILES string of the molecule is Cc1ccc(C(=O)NCCC(=O)N2CCCC2)c(O)c1C. The van der Waals surface area contributed by atoms with Crippen LogP contribution in [-0.2, 0) is 4.79 Å². The minimum atomic E-state index is -0.343. The highest BCUT2D eigenvalue weighted by Crippen LogP contribution is 2.24. The highest BCUT2D eigenvalue weighted by atomic mass is 16.3. The summed E-state index contributed by atoms with van der Waals surface area (Å²) < 4.78 is 0. The molecule has 0 unspecified atom stereocenters. The molecule has 0 aromatic heterocycles. The molecule has 0 bridgehead atoms. The van der Waals surface area contributed by atoms with E-state index in [1.165, 1.54) is 0 Å². The summed E-state index contributed by atoms with van der Waals surface area (Å²) in [7, 11) is 0. The molecule has 1 aliphatic rings. The topological polar surface area (TPSA) is 69.6 Å². The van der Waals surface area contributed by atoms with E-state index in [4.69, 9.17) is 0 Å². The maximum absolute atomic E-state index is 12.0. The molecule has 0 radical (unpaired) electrons. The van der Waals surface area contributed by atoms with Crippen molar-refractivity contribution in [3.05, 3.63) is 28.8 Å². The van der Waals surface area contributed by atoms with Gasteiger partial charge in [-0.25, -0.2) is 0 Å². The van der Waals surface area contributed by atoms with Crippen molar-refractivity contribution in [1.29, 1.82) is 0 Å². The first-order chi connectivity index (χ1) is 10.0. The van der Waals surface area contributed by atoms with Crippen LogP contribution in [-0.4, -0.2) is 41.5 Å². The second-order valence-corrected chi connectivity index (χ2v) is 5.50. The first kappa shape index (κ1) is 15.4. The Bertz CT molecular complexity index is 549. The average Bonchev–Trinajstić information content (AvgIpc) is 2.99. The van der Waals surface area contributed by atoms with E-state index in [1.807, 2.05) is 11.8 Å². The van der Waals surface area contributed by atoms with E-state index >= 15 is 0 Å². The van der Waals surface area contributed by atoms with Gasteiger partial charge in [-0.2, -0.15) is 0 Å². The summed E-state index contributed by atoms with van der Waals surface area (Å²) in [4.78, 5) is 25.7. The molecule has 0 saturated carbocycles. The highest BCUT2D eigenvalue weighted by molar-refractivity contribution is 5.97. The van der Waals surface area contributed by atoms with Crippen molar-refractivity contribution in [2.24, 2.45) is 0 Å². The number of likely N-dealkylation sites (tertiary alicyclic amines) is 1. The van der Waals surface area contributed by atoms with E-state index in [1.54, 1.807) is 19.1 Å². The molecule has 1 aromatic carbocycles. The highest BCUT2D eigenvalue weighted by Gasteiger charge is 2.18. The van der Waals surface area contributed by atoms with E-state index in [2.05, 4.69) is 5.32 Å². The molecule has 1 aromatic rings. The zero-order chi connectivity index (χ0) is 15.4.